The minimum atomic E-state index is -4.47. The van der Waals surface area contributed by atoms with Gasteiger partial charge in [0, 0.05) is 23.5 Å². The molecule has 1 heterocycles. The summed E-state index contributed by atoms with van der Waals surface area (Å²) in [6.45, 7) is 0. The van der Waals surface area contributed by atoms with E-state index in [1.165, 1.54) is 60.2 Å². The van der Waals surface area contributed by atoms with Crippen molar-refractivity contribution in [1.82, 2.24) is 9.55 Å². The number of aromatic nitrogens is 2. The summed E-state index contributed by atoms with van der Waals surface area (Å²) in [6, 6.07) is 16.3. The maximum absolute atomic E-state index is 13.2. The van der Waals surface area contributed by atoms with Crippen LogP contribution in [0, 0.1) is 10.1 Å². The maximum atomic E-state index is 13.2. The van der Waals surface area contributed by atoms with Crippen molar-refractivity contribution in [2.75, 3.05) is 12.4 Å². The molecule has 34 heavy (non-hydrogen) atoms. The summed E-state index contributed by atoms with van der Waals surface area (Å²) in [5.41, 5.74) is 1.06. The van der Waals surface area contributed by atoms with Crippen molar-refractivity contribution < 1.29 is 27.6 Å². The van der Waals surface area contributed by atoms with Crippen LogP contribution in [0.4, 0.5) is 24.5 Å². The van der Waals surface area contributed by atoms with Gasteiger partial charge in [0.15, 0.2) is 0 Å². The third-order valence-electron chi connectivity index (χ3n) is 5.02. The Hall–Kier alpha value is -4.41. The highest BCUT2D eigenvalue weighted by molar-refractivity contribution is 6.07. The number of carbonyl (C=O) groups excluding carboxylic acids is 1. The van der Waals surface area contributed by atoms with Crippen molar-refractivity contribution in [1.29, 1.82) is 0 Å². The van der Waals surface area contributed by atoms with Crippen molar-refractivity contribution in [3.63, 3.8) is 0 Å². The number of alkyl halides is 3. The second-order valence-corrected chi connectivity index (χ2v) is 7.29. The zero-order valence-electron chi connectivity index (χ0n) is 17.7. The molecule has 1 amide bonds. The van der Waals surface area contributed by atoms with Gasteiger partial charge in [-0.25, -0.2) is 4.98 Å². The fourth-order valence-electron chi connectivity index (χ4n) is 3.54. The number of methoxy groups -OCH3 is 1. The molecule has 0 atom stereocenters. The number of amides is 1. The molecule has 0 bridgehead atoms. The Morgan fingerprint density at radius 1 is 1.12 bits per heavy atom. The number of nitrogens with one attached hydrogen (secondary N) is 1. The molecule has 8 nitrogen and oxygen atoms in total. The number of nitrogens with zero attached hydrogens (tertiary/aromatic N) is 3. The number of carbonyl (C=O) groups is 1. The first-order valence-electron chi connectivity index (χ1n) is 9.93. The Morgan fingerprint density at radius 2 is 1.82 bits per heavy atom. The van der Waals surface area contributed by atoms with E-state index >= 15 is 0 Å². The van der Waals surface area contributed by atoms with Gasteiger partial charge >= 0.3 is 6.18 Å². The highest BCUT2D eigenvalue weighted by Gasteiger charge is 2.31. The molecular formula is C23H17F3N4O4. The largest absolute Gasteiger partial charge is 0.497 e. The molecular weight excluding hydrogens is 453 g/mol. The third kappa shape index (κ3) is 4.68. The number of imidazole rings is 1. The lowest BCUT2D eigenvalue weighted by Crippen LogP contribution is -2.16. The number of para-hydroxylation sites is 1. The van der Waals surface area contributed by atoms with E-state index in [0.717, 1.165) is 0 Å². The molecule has 0 aliphatic heterocycles. The van der Waals surface area contributed by atoms with Crippen molar-refractivity contribution in [2.45, 2.75) is 12.6 Å². The molecule has 1 aromatic heterocycles. The van der Waals surface area contributed by atoms with Gasteiger partial charge in [0.1, 0.15) is 23.6 Å². The van der Waals surface area contributed by atoms with Crippen LogP contribution in [0.1, 0.15) is 16.2 Å². The van der Waals surface area contributed by atoms with Crippen molar-refractivity contribution in [3.05, 3.63) is 88.2 Å². The first-order valence-corrected chi connectivity index (χ1v) is 9.93. The molecule has 0 unspecified atom stereocenters. The van der Waals surface area contributed by atoms with Crippen LogP contribution in [0.15, 0.2) is 66.7 Å². The monoisotopic (exact) mass is 470 g/mol. The zero-order valence-corrected chi connectivity index (χ0v) is 17.7. The van der Waals surface area contributed by atoms with E-state index in [-0.39, 0.29) is 17.1 Å². The third-order valence-corrected chi connectivity index (χ3v) is 5.02. The normalized spacial score (nSPS) is 11.4. The average Bonchev–Trinajstić information content (AvgIpc) is 3.14. The molecule has 0 saturated heterocycles. The molecule has 0 aliphatic rings. The highest BCUT2D eigenvalue weighted by atomic mass is 19.4. The van der Waals surface area contributed by atoms with E-state index in [1.54, 1.807) is 18.2 Å². The highest BCUT2D eigenvalue weighted by Crippen LogP contribution is 2.30. The minimum absolute atomic E-state index is 0.112. The first-order chi connectivity index (χ1) is 16.2. The maximum Gasteiger partial charge on any atom is 0.396 e. The van der Waals surface area contributed by atoms with Crippen LogP contribution in [-0.2, 0) is 6.42 Å². The van der Waals surface area contributed by atoms with E-state index in [4.69, 9.17) is 4.74 Å². The Morgan fingerprint density at radius 3 is 2.47 bits per heavy atom. The number of nitro groups is 1. The van der Waals surface area contributed by atoms with Gasteiger partial charge in [0.25, 0.3) is 11.6 Å². The summed E-state index contributed by atoms with van der Waals surface area (Å²) in [6.07, 6.45) is -5.71. The molecule has 0 spiro atoms. The smallest absolute Gasteiger partial charge is 0.396 e. The Labute approximate surface area is 190 Å². The second kappa shape index (κ2) is 8.85. The SMILES string of the molecule is COc1ccc2c(c1)nc(CC(F)(F)F)n2-c1ccc(NC(=O)c2ccccc2[N+](=O)[O-])cc1. The molecule has 3 aromatic carbocycles. The molecule has 4 rings (SSSR count). The molecule has 0 radical (unpaired) electrons. The second-order valence-electron chi connectivity index (χ2n) is 7.29. The molecule has 0 fully saturated rings. The van der Waals surface area contributed by atoms with Crippen LogP contribution in [0.25, 0.3) is 16.7 Å². The van der Waals surface area contributed by atoms with E-state index in [0.29, 0.717) is 28.2 Å². The quantitative estimate of drug-likeness (QED) is 0.305. The number of halogens is 3. The predicted molar refractivity (Wildman–Crippen MR) is 118 cm³/mol. The molecule has 0 saturated carbocycles. The van der Waals surface area contributed by atoms with Gasteiger partial charge in [-0.3, -0.25) is 19.5 Å². The lowest BCUT2D eigenvalue weighted by molar-refractivity contribution is -0.385. The molecule has 174 valence electrons. The Balaban J connectivity index is 1.67. The fourth-order valence-corrected chi connectivity index (χ4v) is 3.54. The van der Waals surface area contributed by atoms with Gasteiger partial charge in [-0.15, -0.1) is 0 Å². The van der Waals surface area contributed by atoms with E-state index in [9.17, 15) is 28.1 Å². The van der Waals surface area contributed by atoms with Crippen LogP contribution < -0.4 is 10.1 Å². The molecule has 4 aromatic rings. The topological polar surface area (TPSA) is 99.3 Å². The van der Waals surface area contributed by atoms with Gasteiger partial charge in [-0.05, 0) is 42.5 Å². The van der Waals surface area contributed by atoms with Crippen molar-refractivity contribution in [3.8, 4) is 11.4 Å². The number of rotatable bonds is 6. The van der Waals surface area contributed by atoms with Crippen LogP contribution in [0.5, 0.6) is 5.75 Å². The number of hydrogen-bond donors (Lipinski definition) is 1. The average molecular weight is 470 g/mol. The number of ether oxygens (including phenoxy) is 1. The van der Waals surface area contributed by atoms with Gasteiger partial charge in [0.2, 0.25) is 0 Å². The van der Waals surface area contributed by atoms with Crippen LogP contribution in [0.2, 0.25) is 0 Å². The summed E-state index contributed by atoms with van der Waals surface area (Å²) >= 11 is 0. The van der Waals surface area contributed by atoms with Crippen LogP contribution in [0.3, 0.4) is 0 Å². The zero-order chi connectivity index (χ0) is 24.5. The van der Waals surface area contributed by atoms with Crippen molar-refractivity contribution >= 4 is 28.3 Å². The number of benzene rings is 3. The van der Waals surface area contributed by atoms with E-state index in [2.05, 4.69) is 10.3 Å². The lowest BCUT2D eigenvalue weighted by atomic mass is 10.1. The van der Waals surface area contributed by atoms with E-state index in [1.807, 2.05) is 0 Å². The summed E-state index contributed by atoms with van der Waals surface area (Å²) in [5.74, 6) is -0.422. The minimum Gasteiger partial charge on any atom is -0.497 e. The summed E-state index contributed by atoms with van der Waals surface area (Å²) in [4.78, 5) is 27.2. The fraction of sp³-hybridized carbons (Fsp3) is 0.130. The van der Waals surface area contributed by atoms with Crippen LogP contribution >= 0.6 is 0 Å². The van der Waals surface area contributed by atoms with E-state index < -0.39 is 23.4 Å². The number of anilines is 1. The summed E-state index contributed by atoms with van der Waals surface area (Å²) in [5, 5.41) is 13.7. The van der Waals surface area contributed by atoms with Crippen molar-refractivity contribution in [2.24, 2.45) is 0 Å². The van der Waals surface area contributed by atoms with Crippen LogP contribution in [-0.4, -0.2) is 33.7 Å². The number of hydrogen-bond acceptors (Lipinski definition) is 5. The predicted octanol–water partition coefficient (Wildman–Crippen LogP) is 5.30. The Bertz CT molecular complexity index is 1380. The first kappa shape index (κ1) is 22.8. The van der Waals surface area contributed by atoms with Gasteiger partial charge in [-0.1, -0.05) is 12.1 Å². The number of nitro benzene ring substituents is 1. The lowest BCUT2D eigenvalue weighted by Gasteiger charge is -2.12. The van der Waals surface area contributed by atoms with Gasteiger partial charge in [0.05, 0.1) is 23.1 Å². The summed E-state index contributed by atoms with van der Waals surface area (Å²) in [7, 11) is 1.45. The molecule has 11 heteroatoms. The van der Waals surface area contributed by atoms with Gasteiger partial charge in [-0.2, -0.15) is 13.2 Å². The summed E-state index contributed by atoms with van der Waals surface area (Å²) < 4.78 is 46.1. The van der Waals surface area contributed by atoms with Gasteiger partial charge < -0.3 is 10.1 Å². The molecule has 1 N–H and O–H groups in total. The Kier molecular flexibility index (Phi) is 5.93. The molecule has 0 aliphatic carbocycles. The standard InChI is InChI=1S/C23H17F3N4O4/c1-34-16-10-11-20-18(12-16)28-21(13-23(24,25)26)29(20)15-8-6-14(7-9-15)27-22(31)17-4-2-3-5-19(17)30(32)33/h2-12H,13H2,1H3,(H,27,31). The number of fused-ring (bicyclic) bond motifs is 1.